The maximum Gasteiger partial charge on any atom is 0.274 e. The standard InChI is InChI=1S/C21H22N4O4/c1-4-29-15-7-5-14(6-8-15)24-21(26)18-12-20(23-13-22-18)25-17-10-9-16(27-2)11-19(17)28-3/h5-13H,4H2,1-3H3,(H,24,26)(H,22,23,25). The van der Waals surface area contributed by atoms with Gasteiger partial charge in [0.2, 0.25) is 0 Å². The van der Waals surface area contributed by atoms with Crippen LogP contribution in [0.4, 0.5) is 17.2 Å². The third-order valence-electron chi connectivity index (χ3n) is 3.99. The number of anilines is 3. The van der Waals surface area contributed by atoms with Crippen LogP contribution in [0.5, 0.6) is 17.2 Å². The molecule has 1 aromatic heterocycles. The lowest BCUT2D eigenvalue weighted by Gasteiger charge is -2.12. The van der Waals surface area contributed by atoms with Crippen molar-refractivity contribution in [2.75, 3.05) is 31.5 Å². The summed E-state index contributed by atoms with van der Waals surface area (Å²) in [5.41, 5.74) is 1.55. The van der Waals surface area contributed by atoms with E-state index in [9.17, 15) is 4.79 Å². The normalized spacial score (nSPS) is 10.2. The molecule has 0 saturated carbocycles. The zero-order valence-electron chi connectivity index (χ0n) is 16.4. The average Bonchev–Trinajstić information content (AvgIpc) is 2.75. The van der Waals surface area contributed by atoms with E-state index in [2.05, 4.69) is 20.6 Å². The fourth-order valence-corrected chi connectivity index (χ4v) is 2.59. The lowest BCUT2D eigenvalue weighted by atomic mass is 10.2. The van der Waals surface area contributed by atoms with Crippen molar-refractivity contribution in [2.24, 2.45) is 0 Å². The molecule has 3 rings (SSSR count). The van der Waals surface area contributed by atoms with Gasteiger partial charge in [-0.25, -0.2) is 9.97 Å². The number of carbonyl (C=O) groups is 1. The van der Waals surface area contributed by atoms with Crippen LogP contribution in [0.2, 0.25) is 0 Å². The Morgan fingerprint density at radius 3 is 2.41 bits per heavy atom. The highest BCUT2D eigenvalue weighted by Crippen LogP contribution is 2.31. The molecule has 0 radical (unpaired) electrons. The van der Waals surface area contributed by atoms with Crippen molar-refractivity contribution in [3.05, 3.63) is 60.6 Å². The molecule has 0 fully saturated rings. The Balaban J connectivity index is 1.72. The first-order chi connectivity index (χ1) is 14.1. The summed E-state index contributed by atoms with van der Waals surface area (Å²) in [7, 11) is 3.15. The summed E-state index contributed by atoms with van der Waals surface area (Å²) >= 11 is 0. The number of nitrogens with one attached hydrogen (secondary N) is 2. The van der Waals surface area contributed by atoms with E-state index in [0.29, 0.717) is 35.3 Å². The van der Waals surface area contributed by atoms with E-state index in [1.807, 2.05) is 6.92 Å². The van der Waals surface area contributed by atoms with Gasteiger partial charge in [-0.15, -0.1) is 0 Å². The van der Waals surface area contributed by atoms with Gasteiger partial charge in [0.25, 0.3) is 5.91 Å². The predicted octanol–water partition coefficient (Wildman–Crippen LogP) is 3.89. The topological polar surface area (TPSA) is 94.6 Å². The van der Waals surface area contributed by atoms with Crippen LogP contribution >= 0.6 is 0 Å². The van der Waals surface area contributed by atoms with E-state index >= 15 is 0 Å². The predicted molar refractivity (Wildman–Crippen MR) is 110 cm³/mol. The monoisotopic (exact) mass is 394 g/mol. The average molecular weight is 394 g/mol. The molecule has 1 heterocycles. The number of nitrogens with zero attached hydrogens (tertiary/aromatic N) is 2. The molecule has 0 aliphatic carbocycles. The van der Waals surface area contributed by atoms with E-state index in [1.165, 1.54) is 6.33 Å². The molecule has 2 aromatic carbocycles. The quantitative estimate of drug-likeness (QED) is 0.598. The Morgan fingerprint density at radius 1 is 0.966 bits per heavy atom. The zero-order chi connectivity index (χ0) is 20.6. The summed E-state index contributed by atoms with van der Waals surface area (Å²) in [4.78, 5) is 20.8. The van der Waals surface area contributed by atoms with E-state index < -0.39 is 0 Å². The van der Waals surface area contributed by atoms with E-state index in [-0.39, 0.29) is 11.6 Å². The van der Waals surface area contributed by atoms with E-state index in [1.54, 1.807) is 62.8 Å². The molecule has 0 atom stereocenters. The molecule has 2 N–H and O–H groups in total. The molecule has 3 aromatic rings. The second-order valence-electron chi connectivity index (χ2n) is 5.89. The summed E-state index contributed by atoms with van der Waals surface area (Å²) in [6, 6.07) is 14.0. The molecule has 0 aliphatic heterocycles. The number of amides is 1. The van der Waals surface area contributed by atoms with Gasteiger partial charge in [0, 0.05) is 17.8 Å². The SMILES string of the molecule is CCOc1ccc(NC(=O)c2cc(Nc3ccc(OC)cc3OC)ncn2)cc1. The smallest absolute Gasteiger partial charge is 0.274 e. The highest BCUT2D eigenvalue weighted by molar-refractivity contribution is 6.03. The Labute approximate surface area is 168 Å². The largest absolute Gasteiger partial charge is 0.497 e. The number of hydrogen-bond donors (Lipinski definition) is 2. The highest BCUT2D eigenvalue weighted by atomic mass is 16.5. The molecule has 1 amide bonds. The van der Waals surface area contributed by atoms with Crippen molar-refractivity contribution < 1.29 is 19.0 Å². The third-order valence-corrected chi connectivity index (χ3v) is 3.99. The van der Waals surface area contributed by atoms with Crippen molar-refractivity contribution in [3.8, 4) is 17.2 Å². The van der Waals surface area contributed by atoms with Crippen LogP contribution in [-0.2, 0) is 0 Å². The van der Waals surface area contributed by atoms with Crippen LogP contribution in [0.25, 0.3) is 0 Å². The third kappa shape index (κ3) is 5.13. The van der Waals surface area contributed by atoms with Crippen LogP contribution in [0.1, 0.15) is 17.4 Å². The summed E-state index contributed by atoms with van der Waals surface area (Å²) in [6.45, 7) is 2.50. The fraction of sp³-hybridized carbons (Fsp3) is 0.190. The maximum absolute atomic E-state index is 12.5. The van der Waals surface area contributed by atoms with Crippen LogP contribution in [0.3, 0.4) is 0 Å². The van der Waals surface area contributed by atoms with E-state index in [4.69, 9.17) is 14.2 Å². The maximum atomic E-state index is 12.5. The zero-order valence-corrected chi connectivity index (χ0v) is 16.4. The van der Waals surface area contributed by atoms with Gasteiger partial charge in [0.05, 0.1) is 26.5 Å². The highest BCUT2D eigenvalue weighted by Gasteiger charge is 2.11. The molecule has 8 heteroatoms. The number of rotatable bonds is 8. The Kier molecular flexibility index (Phi) is 6.47. The molecule has 0 aliphatic rings. The minimum atomic E-state index is -0.346. The van der Waals surface area contributed by atoms with Gasteiger partial charge in [-0.1, -0.05) is 0 Å². The van der Waals surface area contributed by atoms with Crippen LogP contribution < -0.4 is 24.8 Å². The van der Waals surface area contributed by atoms with Gasteiger partial charge in [-0.2, -0.15) is 0 Å². The van der Waals surface area contributed by atoms with Gasteiger partial charge in [0.15, 0.2) is 0 Å². The molecule has 29 heavy (non-hydrogen) atoms. The van der Waals surface area contributed by atoms with Crippen molar-refractivity contribution in [3.63, 3.8) is 0 Å². The lowest BCUT2D eigenvalue weighted by molar-refractivity contribution is 0.102. The van der Waals surface area contributed by atoms with Gasteiger partial charge in [-0.3, -0.25) is 4.79 Å². The summed E-state index contributed by atoms with van der Waals surface area (Å²) in [5.74, 6) is 2.11. The second kappa shape index (κ2) is 9.41. The second-order valence-corrected chi connectivity index (χ2v) is 5.89. The van der Waals surface area contributed by atoms with Crippen LogP contribution in [-0.4, -0.2) is 36.7 Å². The summed E-state index contributed by atoms with van der Waals surface area (Å²) in [5, 5.41) is 5.93. The van der Waals surface area contributed by atoms with Crippen LogP contribution in [0, 0.1) is 0 Å². The van der Waals surface area contributed by atoms with Crippen molar-refractivity contribution in [1.82, 2.24) is 9.97 Å². The number of benzene rings is 2. The van der Waals surface area contributed by atoms with E-state index in [0.717, 1.165) is 5.75 Å². The number of methoxy groups -OCH3 is 2. The summed E-state index contributed by atoms with van der Waals surface area (Å²) < 4.78 is 16.0. The Hall–Kier alpha value is -3.81. The van der Waals surface area contributed by atoms with Gasteiger partial charge < -0.3 is 24.8 Å². The number of hydrogen-bond acceptors (Lipinski definition) is 7. The lowest BCUT2D eigenvalue weighted by Crippen LogP contribution is -2.14. The number of aromatic nitrogens is 2. The minimum absolute atomic E-state index is 0.226. The first kappa shape index (κ1) is 19.9. The molecule has 0 bridgehead atoms. The van der Waals surface area contributed by atoms with Crippen molar-refractivity contribution in [2.45, 2.75) is 6.92 Å². The Morgan fingerprint density at radius 2 is 1.72 bits per heavy atom. The molecular weight excluding hydrogens is 372 g/mol. The molecule has 150 valence electrons. The molecule has 0 spiro atoms. The first-order valence-corrected chi connectivity index (χ1v) is 8.98. The molecule has 8 nitrogen and oxygen atoms in total. The summed E-state index contributed by atoms with van der Waals surface area (Å²) in [6.07, 6.45) is 1.32. The molecule has 0 saturated heterocycles. The van der Waals surface area contributed by atoms with Crippen LogP contribution in [0.15, 0.2) is 54.9 Å². The minimum Gasteiger partial charge on any atom is -0.497 e. The van der Waals surface area contributed by atoms with Crippen molar-refractivity contribution >= 4 is 23.1 Å². The molecular formula is C21H22N4O4. The molecule has 0 unspecified atom stereocenters. The number of carbonyl (C=O) groups excluding carboxylic acids is 1. The van der Waals surface area contributed by atoms with Gasteiger partial charge in [0.1, 0.15) is 35.1 Å². The van der Waals surface area contributed by atoms with Gasteiger partial charge >= 0.3 is 0 Å². The fourth-order valence-electron chi connectivity index (χ4n) is 2.59. The Bertz CT molecular complexity index is 977. The van der Waals surface area contributed by atoms with Gasteiger partial charge in [-0.05, 0) is 43.3 Å². The first-order valence-electron chi connectivity index (χ1n) is 8.98. The van der Waals surface area contributed by atoms with Crippen molar-refractivity contribution in [1.29, 1.82) is 0 Å². The number of ether oxygens (including phenoxy) is 3.